The van der Waals surface area contributed by atoms with E-state index in [9.17, 15) is 4.79 Å². The summed E-state index contributed by atoms with van der Waals surface area (Å²) in [6.07, 6.45) is 3.96. The van der Waals surface area contributed by atoms with Gasteiger partial charge in [0.2, 0.25) is 0 Å². The second-order valence-electron chi connectivity index (χ2n) is 5.56. The Kier molecular flexibility index (Phi) is 3.19. The monoisotopic (exact) mass is 261 g/mol. The van der Waals surface area contributed by atoms with Crippen LogP contribution in [-0.2, 0) is 11.2 Å². The lowest BCUT2D eigenvalue weighted by Crippen LogP contribution is -2.50. The van der Waals surface area contributed by atoms with Crippen molar-refractivity contribution < 1.29 is 14.6 Å². The van der Waals surface area contributed by atoms with Crippen LogP contribution in [0.15, 0.2) is 24.3 Å². The van der Waals surface area contributed by atoms with E-state index in [1.54, 1.807) is 0 Å². The molecule has 0 unspecified atom stereocenters. The molecule has 1 N–H and O–H groups in total. The van der Waals surface area contributed by atoms with E-state index < -0.39 is 5.97 Å². The number of nitrogens with zero attached hydrogens (tertiary/aromatic N) is 1. The number of ether oxygens (including phenoxy) is 1. The number of benzene rings is 1. The van der Waals surface area contributed by atoms with E-state index in [-0.39, 0.29) is 12.1 Å². The van der Waals surface area contributed by atoms with Crippen molar-refractivity contribution in [1.29, 1.82) is 0 Å². The van der Waals surface area contributed by atoms with Crippen LogP contribution in [0.4, 0.5) is 0 Å². The molecule has 1 spiro atoms. The standard InChI is InChI=1S/C15H19NO3/c17-14(18)11-16-9-7-15(8-10-16)6-5-12-3-1-2-4-13(12)19-15/h1-4H,5-11H2,(H,17,18). The van der Waals surface area contributed by atoms with Crippen molar-refractivity contribution in [3.05, 3.63) is 29.8 Å². The van der Waals surface area contributed by atoms with Gasteiger partial charge in [0, 0.05) is 13.1 Å². The average Bonchev–Trinajstić information content (AvgIpc) is 2.41. The first-order chi connectivity index (χ1) is 9.17. The van der Waals surface area contributed by atoms with Gasteiger partial charge in [-0.3, -0.25) is 9.69 Å². The van der Waals surface area contributed by atoms with Crippen LogP contribution >= 0.6 is 0 Å². The quantitative estimate of drug-likeness (QED) is 0.883. The van der Waals surface area contributed by atoms with E-state index in [1.807, 2.05) is 17.0 Å². The zero-order valence-electron chi connectivity index (χ0n) is 11.0. The molecule has 0 aliphatic carbocycles. The minimum atomic E-state index is -0.745. The fraction of sp³-hybridized carbons (Fsp3) is 0.533. The first-order valence-corrected chi connectivity index (χ1v) is 6.88. The molecule has 4 heteroatoms. The minimum absolute atomic E-state index is 0.0661. The van der Waals surface area contributed by atoms with Crippen LogP contribution in [0.1, 0.15) is 24.8 Å². The summed E-state index contributed by atoms with van der Waals surface area (Å²) in [5.41, 5.74) is 1.23. The van der Waals surface area contributed by atoms with Gasteiger partial charge in [0.1, 0.15) is 11.4 Å². The normalized spacial score (nSPS) is 21.7. The Labute approximate surface area is 113 Å². The van der Waals surface area contributed by atoms with Crippen molar-refractivity contribution in [1.82, 2.24) is 4.90 Å². The molecule has 2 aliphatic heterocycles. The van der Waals surface area contributed by atoms with Crippen molar-refractivity contribution in [2.75, 3.05) is 19.6 Å². The Morgan fingerprint density at radius 1 is 1.26 bits per heavy atom. The van der Waals surface area contributed by atoms with Gasteiger partial charge in [0.05, 0.1) is 6.54 Å². The van der Waals surface area contributed by atoms with Crippen LogP contribution in [0.3, 0.4) is 0 Å². The summed E-state index contributed by atoms with van der Waals surface area (Å²) in [5.74, 6) is 0.270. The smallest absolute Gasteiger partial charge is 0.317 e. The first-order valence-electron chi connectivity index (χ1n) is 6.88. The Bertz CT molecular complexity index is 478. The number of rotatable bonds is 2. The maximum Gasteiger partial charge on any atom is 0.317 e. The molecule has 4 nitrogen and oxygen atoms in total. The Morgan fingerprint density at radius 3 is 2.74 bits per heavy atom. The number of hydrogen-bond donors (Lipinski definition) is 1. The second-order valence-corrected chi connectivity index (χ2v) is 5.56. The molecule has 19 heavy (non-hydrogen) atoms. The Morgan fingerprint density at radius 2 is 2.00 bits per heavy atom. The van der Waals surface area contributed by atoms with Crippen molar-refractivity contribution in [3.8, 4) is 5.75 Å². The lowest BCUT2D eigenvalue weighted by molar-refractivity contribution is -0.139. The molecular formula is C15H19NO3. The zero-order valence-corrected chi connectivity index (χ0v) is 11.0. The van der Waals surface area contributed by atoms with Gasteiger partial charge in [-0.25, -0.2) is 0 Å². The predicted molar refractivity (Wildman–Crippen MR) is 71.4 cm³/mol. The van der Waals surface area contributed by atoms with Crippen molar-refractivity contribution in [3.63, 3.8) is 0 Å². The third-order valence-corrected chi connectivity index (χ3v) is 4.28. The van der Waals surface area contributed by atoms with Crippen LogP contribution in [0.2, 0.25) is 0 Å². The molecule has 3 rings (SSSR count). The maximum absolute atomic E-state index is 10.7. The topological polar surface area (TPSA) is 49.8 Å². The molecule has 1 aromatic carbocycles. The van der Waals surface area contributed by atoms with Crippen LogP contribution in [0.25, 0.3) is 0 Å². The molecule has 0 saturated carbocycles. The zero-order chi connectivity index (χ0) is 13.3. The van der Waals surface area contributed by atoms with Crippen LogP contribution < -0.4 is 4.74 Å². The molecule has 0 amide bonds. The van der Waals surface area contributed by atoms with Gasteiger partial charge in [0.25, 0.3) is 0 Å². The fourth-order valence-electron chi connectivity index (χ4n) is 3.12. The predicted octanol–water partition coefficient (Wildman–Crippen LogP) is 1.93. The summed E-state index contributed by atoms with van der Waals surface area (Å²) in [7, 11) is 0. The lowest BCUT2D eigenvalue weighted by Gasteiger charge is -2.44. The van der Waals surface area contributed by atoms with Crippen molar-refractivity contribution in [2.45, 2.75) is 31.3 Å². The highest BCUT2D eigenvalue weighted by Gasteiger charge is 2.39. The lowest BCUT2D eigenvalue weighted by atomic mass is 9.83. The molecule has 1 fully saturated rings. The van der Waals surface area contributed by atoms with Gasteiger partial charge in [-0.15, -0.1) is 0 Å². The third-order valence-electron chi connectivity index (χ3n) is 4.28. The fourth-order valence-corrected chi connectivity index (χ4v) is 3.12. The average molecular weight is 261 g/mol. The summed E-state index contributed by atoms with van der Waals surface area (Å²) >= 11 is 0. The third kappa shape index (κ3) is 2.59. The molecular weight excluding hydrogens is 242 g/mol. The van der Waals surface area contributed by atoms with E-state index in [4.69, 9.17) is 9.84 Å². The molecule has 0 bridgehead atoms. The van der Waals surface area contributed by atoms with E-state index in [2.05, 4.69) is 12.1 Å². The first kappa shape index (κ1) is 12.5. The number of aliphatic carboxylic acids is 1. The summed E-state index contributed by atoms with van der Waals surface area (Å²) in [6.45, 7) is 1.77. The van der Waals surface area contributed by atoms with Gasteiger partial charge in [-0.2, -0.15) is 0 Å². The number of carboxylic acids is 1. The Balaban J connectivity index is 1.66. The van der Waals surface area contributed by atoms with Crippen molar-refractivity contribution in [2.24, 2.45) is 0 Å². The summed E-state index contributed by atoms with van der Waals surface area (Å²) in [5, 5.41) is 8.82. The maximum atomic E-state index is 10.7. The largest absolute Gasteiger partial charge is 0.487 e. The van der Waals surface area contributed by atoms with Gasteiger partial charge >= 0.3 is 5.97 Å². The van der Waals surface area contributed by atoms with Gasteiger partial charge < -0.3 is 9.84 Å². The number of carbonyl (C=O) groups is 1. The highest BCUT2D eigenvalue weighted by atomic mass is 16.5. The minimum Gasteiger partial charge on any atom is -0.487 e. The molecule has 2 aliphatic rings. The number of carboxylic acid groups (broad SMARTS) is 1. The number of para-hydroxylation sites is 1. The molecule has 2 heterocycles. The van der Waals surface area contributed by atoms with Crippen LogP contribution in [0, 0.1) is 0 Å². The van der Waals surface area contributed by atoms with Gasteiger partial charge in [-0.1, -0.05) is 18.2 Å². The molecule has 0 radical (unpaired) electrons. The van der Waals surface area contributed by atoms with E-state index >= 15 is 0 Å². The molecule has 0 atom stereocenters. The molecule has 1 aromatic rings. The second kappa shape index (κ2) is 4.85. The number of aryl methyl sites for hydroxylation is 1. The summed E-state index contributed by atoms with van der Waals surface area (Å²) in [6, 6.07) is 8.23. The highest BCUT2D eigenvalue weighted by Crippen LogP contribution is 2.38. The van der Waals surface area contributed by atoms with Gasteiger partial charge in [-0.05, 0) is 37.3 Å². The molecule has 0 aromatic heterocycles. The van der Waals surface area contributed by atoms with Gasteiger partial charge in [0.15, 0.2) is 0 Å². The van der Waals surface area contributed by atoms with Crippen LogP contribution in [0.5, 0.6) is 5.75 Å². The van der Waals surface area contributed by atoms with E-state index in [1.165, 1.54) is 5.56 Å². The molecule has 1 saturated heterocycles. The van der Waals surface area contributed by atoms with E-state index in [0.29, 0.717) is 0 Å². The highest BCUT2D eigenvalue weighted by molar-refractivity contribution is 5.69. The summed E-state index contributed by atoms with van der Waals surface area (Å²) < 4.78 is 6.24. The van der Waals surface area contributed by atoms with Crippen LogP contribution in [-0.4, -0.2) is 41.2 Å². The van der Waals surface area contributed by atoms with E-state index in [0.717, 1.165) is 44.5 Å². The molecule has 102 valence electrons. The number of hydrogen-bond acceptors (Lipinski definition) is 3. The Hall–Kier alpha value is -1.55. The SMILES string of the molecule is O=C(O)CN1CCC2(CCc3ccccc3O2)CC1. The number of likely N-dealkylation sites (tertiary alicyclic amines) is 1. The van der Waals surface area contributed by atoms with Crippen molar-refractivity contribution >= 4 is 5.97 Å². The summed E-state index contributed by atoms with van der Waals surface area (Å²) in [4.78, 5) is 12.7. The number of piperidine rings is 1. The number of fused-ring (bicyclic) bond motifs is 1.